The zero-order chi connectivity index (χ0) is 13.0. The van der Waals surface area contributed by atoms with Crippen molar-refractivity contribution in [2.75, 3.05) is 19.0 Å². The molecule has 1 aromatic carbocycles. The summed E-state index contributed by atoms with van der Waals surface area (Å²) in [6.45, 7) is 0.0183. The number of carbonyl (C=O) groups excluding carboxylic acids is 1. The number of aliphatic hydroxyl groups is 1. The van der Waals surface area contributed by atoms with Crippen molar-refractivity contribution < 1.29 is 14.6 Å². The summed E-state index contributed by atoms with van der Waals surface area (Å²) < 4.78 is 6.11. The van der Waals surface area contributed by atoms with Gasteiger partial charge in [-0.25, -0.2) is 4.98 Å². The number of methoxy groups -OCH3 is 1. The highest BCUT2D eigenvalue weighted by Gasteiger charge is 2.08. The fourth-order valence-electron chi connectivity index (χ4n) is 1.51. The van der Waals surface area contributed by atoms with Gasteiger partial charge in [-0.15, -0.1) is 0 Å². The summed E-state index contributed by atoms with van der Waals surface area (Å²) in [6.07, 6.45) is 0.764. The van der Waals surface area contributed by atoms with Crippen molar-refractivity contribution in [3.05, 3.63) is 18.2 Å². The Balaban J connectivity index is 2.12. The normalized spacial score (nSPS) is 10.6. The summed E-state index contributed by atoms with van der Waals surface area (Å²) in [7, 11) is 1.60. The van der Waals surface area contributed by atoms with Crippen LogP contribution in [0.5, 0.6) is 5.75 Å². The van der Waals surface area contributed by atoms with Gasteiger partial charge in [0, 0.05) is 19.1 Å². The van der Waals surface area contributed by atoms with Crippen molar-refractivity contribution in [3.63, 3.8) is 0 Å². The van der Waals surface area contributed by atoms with Crippen LogP contribution in [0.3, 0.4) is 0 Å². The lowest BCUT2D eigenvalue weighted by molar-refractivity contribution is -0.116. The number of benzene rings is 1. The van der Waals surface area contributed by atoms with Gasteiger partial charge in [0.05, 0.1) is 17.3 Å². The lowest BCUT2D eigenvalue weighted by atomic mass is 10.3. The number of aliphatic hydroxyl groups excluding tert-OH is 1. The summed E-state index contributed by atoms with van der Waals surface area (Å²) in [5.41, 5.74) is 0.803. The summed E-state index contributed by atoms with van der Waals surface area (Å²) in [4.78, 5) is 15.8. The van der Waals surface area contributed by atoms with Crippen molar-refractivity contribution in [3.8, 4) is 5.75 Å². The second kappa shape index (κ2) is 5.79. The fourth-order valence-corrected chi connectivity index (χ4v) is 2.37. The monoisotopic (exact) mass is 266 g/mol. The lowest BCUT2D eigenvalue weighted by Crippen LogP contribution is -2.11. The lowest BCUT2D eigenvalue weighted by Gasteiger charge is -1.98. The molecule has 5 nitrogen and oxygen atoms in total. The SMILES string of the molecule is COc1ccc2sc(NC(=O)CCCO)nc2c1. The van der Waals surface area contributed by atoms with Crippen LogP contribution in [0.25, 0.3) is 10.2 Å². The molecule has 0 spiro atoms. The molecule has 2 rings (SSSR count). The summed E-state index contributed by atoms with van der Waals surface area (Å²) in [6, 6.07) is 5.60. The molecule has 0 saturated carbocycles. The zero-order valence-electron chi connectivity index (χ0n) is 9.97. The van der Waals surface area contributed by atoms with Crippen molar-refractivity contribution in [1.29, 1.82) is 0 Å². The number of aromatic nitrogens is 1. The molecule has 0 aliphatic carbocycles. The van der Waals surface area contributed by atoms with Crippen LogP contribution in [0.15, 0.2) is 18.2 Å². The maximum atomic E-state index is 11.5. The van der Waals surface area contributed by atoms with Crippen molar-refractivity contribution in [2.45, 2.75) is 12.8 Å². The third-order valence-electron chi connectivity index (χ3n) is 2.40. The molecule has 1 heterocycles. The van der Waals surface area contributed by atoms with Gasteiger partial charge in [0.15, 0.2) is 5.13 Å². The average Bonchev–Trinajstić information content (AvgIpc) is 2.77. The number of amides is 1. The van der Waals surface area contributed by atoms with Gasteiger partial charge in [0.2, 0.25) is 5.91 Å². The Kier molecular flexibility index (Phi) is 4.11. The van der Waals surface area contributed by atoms with Crippen LogP contribution in [0, 0.1) is 0 Å². The van der Waals surface area contributed by atoms with Gasteiger partial charge in [-0.05, 0) is 18.6 Å². The number of anilines is 1. The van der Waals surface area contributed by atoms with Gasteiger partial charge in [-0.1, -0.05) is 11.3 Å². The number of ether oxygens (including phenoxy) is 1. The van der Waals surface area contributed by atoms with Crippen LogP contribution in [-0.4, -0.2) is 29.7 Å². The van der Waals surface area contributed by atoms with E-state index in [4.69, 9.17) is 9.84 Å². The van der Waals surface area contributed by atoms with Gasteiger partial charge >= 0.3 is 0 Å². The van der Waals surface area contributed by atoms with E-state index in [-0.39, 0.29) is 12.5 Å². The number of thiazole rings is 1. The minimum Gasteiger partial charge on any atom is -0.497 e. The van der Waals surface area contributed by atoms with E-state index in [0.717, 1.165) is 16.0 Å². The molecule has 2 N–H and O–H groups in total. The summed E-state index contributed by atoms with van der Waals surface area (Å²) in [5, 5.41) is 11.9. The predicted octanol–water partition coefficient (Wildman–Crippen LogP) is 2.02. The molecular weight excluding hydrogens is 252 g/mol. The highest BCUT2D eigenvalue weighted by Crippen LogP contribution is 2.28. The van der Waals surface area contributed by atoms with E-state index in [2.05, 4.69) is 10.3 Å². The van der Waals surface area contributed by atoms with Crippen molar-refractivity contribution >= 4 is 32.6 Å². The van der Waals surface area contributed by atoms with Crippen LogP contribution >= 0.6 is 11.3 Å². The first-order chi connectivity index (χ1) is 8.72. The first-order valence-electron chi connectivity index (χ1n) is 5.58. The minimum atomic E-state index is -0.130. The van der Waals surface area contributed by atoms with Crippen LogP contribution in [-0.2, 0) is 4.79 Å². The van der Waals surface area contributed by atoms with Gasteiger partial charge in [-0.3, -0.25) is 4.79 Å². The van der Waals surface area contributed by atoms with E-state index in [1.807, 2.05) is 18.2 Å². The van der Waals surface area contributed by atoms with E-state index >= 15 is 0 Å². The number of nitrogens with one attached hydrogen (secondary N) is 1. The van der Waals surface area contributed by atoms with Crippen LogP contribution in [0.1, 0.15) is 12.8 Å². The maximum Gasteiger partial charge on any atom is 0.226 e. The van der Waals surface area contributed by atoms with Crippen LogP contribution in [0.2, 0.25) is 0 Å². The molecule has 96 valence electrons. The molecular formula is C12H14N2O3S. The number of nitrogens with zero attached hydrogens (tertiary/aromatic N) is 1. The van der Waals surface area contributed by atoms with E-state index in [0.29, 0.717) is 18.0 Å². The standard InChI is InChI=1S/C12H14N2O3S/c1-17-8-4-5-10-9(7-8)13-12(18-10)14-11(16)3-2-6-15/h4-5,7,15H,2-3,6H2,1H3,(H,13,14,16). The Hall–Kier alpha value is -1.66. The smallest absolute Gasteiger partial charge is 0.226 e. The third-order valence-corrected chi connectivity index (χ3v) is 3.35. The largest absolute Gasteiger partial charge is 0.497 e. The molecule has 0 atom stereocenters. The highest BCUT2D eigenvalue weighted by molar-refractivity contribution is 7.22. The van der Waals surface area contributed by atoms with Crippen LogP contribution in [0.4, 0.5) is 5.13 Å². The second-order valence-electron chi connectivity index (χ2n) is 3.73. The second-order valence-corrected chi connectivity index (χ2v) is 4.76. The van der Waals surface area contributed by atoms with Gasteiger partial charge in [0.1, 0.15) is 5.75 Å². The van der Waals surface area contributed by atoms with Crippen LogP contribution < -0.4 is 10.1 Å². The molecule has 0 saturated heterocycles. The number of rotatable bonds is 5. The Labute approximate surface area is 108 Å². The van der Waals surface area contributed by atoms with E-state index in [1.165, 1.54) is 11.3 Å². The molecule has 0 aliphatic heterocycles. The maximum absolute atomic E-state index is 11.5. The first-order valence-corrected chi connectivity index (χ1v) is 6.40. The van der Waals surface area contributed by atoms with E-state index < -0.39 is 0 Å². The number of carbonyl (C=O) groups is 1. The van der Waals surface area contributed by atoms with Crippen molar-refractivity contribution in [1.82, 2.24) is 4.98 Å². The van der Waals surface area contributed by atoms with E-state index in [1.54, 1.807) is 7.11 Å². The zero-order valence-corrected chi connectivity index (χ0v) is 10.8. The van der Waals surface area contributed by atoms with E-state index in [9.17, 15) is 4.79 Å². The number of hydrogen-bond acceptors (Lipinski definition) is 5. The molecule has 2 aromatic rings. The number of fused-ring (bicyclic) bond motifs is 1. The fraction of sp³-hybridized carbons (Fsp3) is 0.333. The highest BCUT2D eigenvalue weighted by atomic mass is 32.1. The Morgan fingerprint density at radius 3 is 3.11 bits per heavy atom. The first kappa shape index (κ1) is 12.8. The molecule has 0 fully saturated rings. The molecule has 0 radical (unpaired) electrons. The number of hydrogen-bond donors (Lipinski definition) is 2. The molecule has 0 unspecified atom stereocenters. The quantitative estimate of drug-likeness (QED) is 0.868. The van der Waals surface area contributed by atoms with Gasteiger partial charge < -0.3 is 15.2 Å². The summed E-state index contributed by atoms with van der Waals surface area (Å²) >= 11 is 1.42. The Morgan fingerprint density at radius 2 is 2.39 bits per heavy atom. The minimum absolute atomic E-state index is 0.0183. The third kappa shape index (κ3) is 2.96. The predicted molar refractivity (Wildman–Crippen MR) is 71.1 cm³/mol. The Bertz CT molecular complexity index is 553. The molecule has 6 heteroatoms. The molecule has 0 aliphatic rings. The van der Waals surface area contributed by atoms with Crippen molar-refractivity contribution in [2.24, 2.45) is 0 Å². The molecule has 1 amide bonds. The molecule has 1 aromatic heterocycles. The molecule has 0 bridgehead atoms. The summed E-state index contributed by atoms with van der Waals surface area (Å²) in [5.74, 6) is 0.612. The van der Waals surface area contributed by atoms with Gasteiger partial charge in [-0.2, -0.15) is 0 Å². The Morgan fingerprint density at radius 1 is 1.56 bits per heavy atom. The topological polar surface area (TPSA) is 71.5 Å². The van der Waals surface area contributed by atoms with Gasteiger partial charge in [0.25, 0.3) is 0 Å². The molecule has 18 heavy (non-hydrogen) atoms. The average molecular weight is 266 g/mol.